The van der Waals surface area contributed by atoms with Gasteiger partial charge in [0.2, 0.25) is 0 Å². The number of carbonyl (C=O) groups excluding carboxylic acids is 2. The molecule has 3 aromatic carbocycles. The molecule has 4 rings (SSSR count). The Hall–Kier alpha value is -1.96. The van der Waals surface area contributed by atoms with E-state index in [4.69, 9.17) is 39.5 Å². The molecule has 0 unspecified atom stereocenters. The number of rotatable bonds is 6. The SMILES string of the molecule is O=C1S/C(=C/c2cc(Br)ccc2OCc2ccc(Cl)cc2)C(=O)N1Cc1ccc(Cl)cc1Cl. The highest BCUT2D eigenvalue weighted by Crippen LogP contribution is 2.36. The van der Waals surface area contributed by atoms with Crippen LogP contribution in [-0.4, -0.2) is 16.0 Å². The van der Waals surface area contributed by atoms with Crippen molar-refractivity contribution in [1.29, 1.82) is 0 Å². The third-order valence-electron chi connectivity index (χ3n) is 4.78. The highest BCUT2D eigenvalue weighted by Gasteiger charge is 2.35. The van der Waals surface area contributed by atoms with Crippen molar-refractivity contribution in [2.24, 2.45) is 0 Å². The Labute approximate surface area is 218 Å². The Morgan fingerprint density at radius 2 is 1.67 bits per heavy atom. The van der Waals surface area contributed by atoms with Crippen LogP contribution in [0, 0.1) is 0 Å². The summed E-state index contributed by atoms with van der Waals surface area (Å²) in [6.07, 6.45) is 1.66. The van der Waals surface area contributed by atoms with Crippen molar-refractivity contribution >= 4 is 79.7 Å². The van der Waals surface area contributed by atoms with Gasteiger partial charge in [0.05, 0.1) is 11.4 Å². The van der Waals surface area contributed by atoms with E-state index in [2.05, 4.69) is 15.9 Å². The van der Waals surface area contributed by atoms with Crippen LogP contribution in [0.15, 0.2) is 70.0 Å². The van der Waals surface area contributed by atoms with E-state index in [0.717, 1.165) is 26.7 Å². The zero-order valence-corrected chi connectivity index (χ0v) is 21.5. The molecule has 168 valence electrons. The van der Waals surface area contributed by atoms with Crippen molar-refractivity contribution < 1.29 is 14.3 Å². The molecule has 1 aliphatic rings. The average Bonchev–Trinajstić information content (AvgIpc) is 3.03. The van der Waals surface area contributed by atoms with E-state index in [1.54, 1.807) is 36.4 Å². The molecule has 1 aliphatic heterocycles. The summed E-state index contributed by atoms with van der Waals surface area (Å²) >= 11 is 22.4. The first-order valence-electron chi connectivity index (χ1n) is 9.66. The van der Waals surface area contributed by atoms with Crippen molar-refractivity contribution in [3.05, 3.63) is 102 Å². The molecule has 4 nitrogen and oxygen atoms in total. The number of benzene rings is 3. The minimum absolute atomic E-state index is 0.0659. The number of halogens is 4. The molecular formula is C24H15BrCl3NO3S. The fourth-order valence-electron chi connectivity index (χ4n) is 3.10. The lowest BCUT2D eigenvalue weighted by atomic mass is 10.1. The van der Waals surface area contributed by atoms with Crippen LogP contribution in [0.3, 0.4) is 0 Å². The van der Waals surface area contributed by atoms with Gasteiger partial charge in [-0.2, -0.15) is 0 Å². The topological polar surface area (TPSA) is 46.6 Å². The Bertz CT molecular complexity index is 1260. The van der Waals surface area contributed by atoms with E-state index < -0.39 is 0 Å². The molecular weight excluding hydrogens is 569 g/mol. The molecule has 0 bridgehead atoms. The minimum atomic E-state index is -0.389. The summed E-state index contributed by atoms with van der Waals surface area (Å²) in [5.41, 5.74) is 2.26. The Balaban J connectivity index is 1.55. The molecule has 0 radical (unpaired) electrons. The van der Waals surface area contributed by atoms with Crippen LogP contribution in [0.5, 0.6) is 5.75 Å². The van der Waals surface area contributed by atoms with Gasteiger partial charge in [0.25, 0.3) is 11.1 Å². The number of hydrogen-bond acceptors (Lipinski definition) is 4. The molecule has 9 heteroatoms. The van der Waals surface area contributed by atoms with Crippen molar-refractivity contribution in [3.63, 3.8) is 0 Å². The molecule has 3 aromatic rings. The highest BCUT2D eigenvalue weighted by molar-refractivity contribution is 9.10. The van der Waals surface area contributed by atoms with E-state index in [1.807, 2.05) is 30.3 Å². The second-order valence-electron chi connectivity index (χ2n) is 7.10. The summed E-state index contributed by atoms with van der Waals surface area (Å²) in [5, 5.41) is 1.17. The van der Waals surface area contributed by atoms with Gasteiger partial charge in [-0.15, -0.1) is 0 Å². The maximum Gasteiger partial charge on any atom is 0.293 e. The van der Waals surface area contributed by atoms with Crippen LogP contribution in [0.4, 0.5) is 4.79 Å². The molecule has 1 saturated heterocycles. The lowest BCUT2D eigenvalue weighted by molar-refractivity contribution is -0.123. The lowest BCUT2D eigenvalue weighted by Crippen LogP contribution is -2.27. The molecule has 33 heavy (non-hydrogen) atoms. The van der Waals surface area contributed by atoms with Crippen LogP contribution in [0.2, 0.25) is 15.1 Å². The van der Waals surface area contributed by atoms with Crippen LogP contribution in [-0.2, 0) is 17.9 Å². The van der Waals surface area contributed by atoms with Gasteiger partial charge in [-0.25, -0.2) is 0 Å². The number of nitrogens with zero attached hydrogens (tertiary/aromatic N) is 1. The number of amides is 2. The number of imide groups is 1. The van der Waals surface area contributed by atoms with Gasteiger partial charge in [-0.1, -0.05) is 68.9 Å². The summed E-state index contributed by atoms with van der Waals surface area (Å²) in [5.74, 6) is 0.195. The van der Waals surface area contributed by atoms with Gasteiger partial charge in [0.1, 0.15) is 12.4 Å². The van der Waals surface area contributed by atoms with Crippen molar-refractivity contribution in [1.82, 2.24) is 4.90 Å². The monoisotopic (exact) mass is 581 g/mol. The predicted octanol–water partition coefficient (Wildman–Crippen LogP) is 8.22. The summed E-state index contributed by atoms with van der Waals surface area (Å²) in [7, 11) is 0. The second-order valence-corrected chi connectivity index (χ2v) is 10.3. The van der Waals surface area contributed by atoms with Gasteiger partial charge < -0.3 is 4.74 Å². The Morgan fingerprint density at radius 1 is 0.939 bits per heavy atom. The van der Waals surface area contributed by atoms with Crippen LogP contribution >= 0.6 is 62.5 Å². The summed E-state index contributed by atoms with van der Waals surface area (Å²) < 4.78 is 6.80. The first kappa shape index (κ1) is 24.2. The van der Waals surface area contributed by atoms with Crippen molar-refractivity contribution in [2.75, 3.05) is 0 Å². The van der Waals surface area contributed by atoms with E-state index in [9.17, 15) is 9.59 Å². The smallest absolute Gasteiger partial charge is 0.293 e. The van der Waals surface area contributed by atoms with Crippen LogP contribution in [0.1, 0.15) is 16.7 Å². The first-order valence-corrected chi connectivity index (χ1v) is 12.4. The van der Waals surface area contributed by atoms with E-state index in [-0.39, 0.29) is 17.7 Å². The van der Waals surface area contributed by atoms with E-state index in [1.165, 1.54) is 0 Å². The number of carbonyl (C=O) groups is 2. The van der Waals surface area contributed by atoms with Crippen molar-refractivity contribution in [2.45, 2.75) is 13.2 Å². The molecule has 2 amide bonds. The van der Waals surface area contributed by atoms with Gasteiger partial charge in [-0.05, 0) is 71.4 Å². The standard InChI is InChI=1S/C24H15BrCl3NO3S/c25-17-4-8-21(32-13-14-1-5-18(26)6-2-14)16(9-17)10-22-23(30)29(24(31)33-22)12-15-3-7-19(27)11-20(15)28/h1-11H,12-13H2/b22-10+. The summed E-state index contributed by atoms with van der Waals surface area (Å²) in [6.45, 7) is 0.395. The van der Waals surface area contributed by atoms with Gasteiger partial charge >= 0.3 is 0 Å². The third kappa shape index (κ3) is 5.94. The Kier molecular flexibility index (Phi) is 7.72. The Morgan fingerprint density at radius 3 is 2.39 bits per heavy atom. The molecule has 0 atom stereocenters. The van der Waals surface area contributed by atoms with Crippen molar-refractivity contribution in [3.8, 4) is 5.75 Å². The maximum atomic E-state index is 13.0. The van der Waals surface area contributed by atoms with Gasteiger partial charge in [0.15, 0.2) is 0 Å². The molecule has 1 fully saturated rings. The zero-order valence-electron chi connectivity index (χ0n) is 16.9. The van der Waals surface area contributed by atoms with E-state index in [0.29, 0.717) is 43.5 Å². The maximum absolute atomic E-state index is 13.0. The number of ether oxygens (including phenoxy) is 1. The zero-order chi connectivity index (χ0) is 23.5. The summed E-state index contributed by atoms with van der Waals surface area (Å²) in [6, 6.07) is 17.8. The third-order valence-corrected chi connectivity index (χ3v) is 7.02. The molecule has 1 heterocycles. The quantitative estimate of drug-likeness (QED) is 0.274. The fourth-order valence-corrected chi connectivity index (χ4v) is 4.91. The minimum Gasteiger partial charge on any atom is -0.488 e. The predicted molar refractivity (Wildman–Crippen MR) is 138 cm³/mol. The van der Waals surface area contributed by atoms with Crippen LogP contribution < -0.4 is 4.74 Å². The summed E-state index contributed by atoms with van der Waals surface area (Å²) in [4.78, 5) is 27.0. The largest absolute Gasteiger partial charge is 0.488 e. The van der Waals surface area contributed by atoms with Crippen LogP contribution in [0.25, 0.3) is 6.08 Å². The molecule has 0 saturated carbocycles. The highest BCUT2D eigenvalue weighted by atomic mass is 79.9. The van der Waals surface area contributed by atoms with E-state index >= 15 is 0 Å². The van der Waals surface area contributed by atoms with Gasteiger partial charge in [-0.3, -0.25) is 14.5 Å². The first-order chi connectivity index (χ1) is 15.8. The number of hydrogen-bond donors (Lipinski definition) is 0. The number of thioether (sulfide) groups is 1. The van der Waals surface area contributed by atoms with Gasteiger partial charge in [0, 0.05) is 25.1 Å². The molecule has 0 aliphatic carbocycles. The lowest BCUT2D eigenvalue weighted by Gasteiger charge is -2.14. The molecule has 0 N–H and O–H groups in total. The fraction of sp³-hybridized carbons (Fsp3) is 0.0833. The average molecular weight is 584 g/mol. The molecule has 0 aromatic heterocycles. The normalized spacial score (nSPS) is 14.9. The second kappa shape index (κ2) is 10.5. The molecule has 0 spiro atoms.